The van der Waals surface area contributed by atoms with Crippen molar-refractivity contribution in [3.63, 3.8) is 0 Å². The van der Waals surface area contributed by atoms with Crippen LogP contribution in [0.5, 0.6) is 0 Å². The minimum atomic E-state index is 0.0892. The van der Waals surface area contributed by atoms with Gasteiger partial charge in [0, 0.05) is 87.1 Å². The molecule has 0 saturated carbocycles. The van der Waals surface area contributed by atoms with Gasteiger partial charge in [0.1, 0.15) is 5.65 Å². The quantitative estimate of drug-likeness (QED) is 0.500. The third-order valence-corrected chi connectivity index (χ3v) is 7.45. The number of pyridine rings is 1. The Hall–Kier alpha value is -3.49. The molecule has 35 heavy (non-hydrogen) atoms. The van der Waals surface area contributed by atoms with E-state index in [0.717, 1.165) is 78.7 Å². The van der Waals surface area contributed by atoms with Gasteiger partial charge in [-0.2, -0.15) is 5.10 Å². The maximum atomic E-state index is 13.4. The first kappa shape index (κ1) is 22.0. The number of aryl methyl sites for hydroxylation is 3. The van der Waals surface area contributed by atoms with E-state index in [2.05, 4.69) is 51.0 Å². The molecule has 0 spiro atoms. The van der Waals surface area contributed by atoms with Gasteiger partial charge in [-0.05, 0) is 31.5 Å². The van der Waals surface area contributed by atoms with Crippen LogP contribution in [0.15, 0.2) is 48.8 Å². The predicted octanol–water partition coefficient (Wildman–Crippen LogP) is 2.75. The molecule has 1 atom stereocenters. The number of hydrogen-bond acceptors (Lipinski definition) is 5. The largest absolute Gasteiger partial charge is 0.336 e. The zero-order valence-corrected chi connectivity index (χ0v) is 20.5. The van der Waals surface area contributed by atoms with Crippen LogP contribution in [-0.2, 0) is 7.05 Å². The molecule has 6 rings (SSSR count). The number of fused-ring (bicyclic) bond motifs is 2. The number of aromatic nitrogens is 4. The Morgan fingerprint density at radius 3 is 2.69 bits per heavy atom. The molecule has 8 nitrogen and oxygen atoms in total. The van der Waals surface area contributed by atoms with E-state index in [0.29, 0.717) is 11.6 Å². The van der Waals surface area contributed by atoms with Crippen molar-refractivity contribution < 1.29 is 4.79 Å². The third-order valence-electron chi connectivity index (χ3n) is 7.45. The number of benzene rings is 1. The van der Waals surface area contributed by atoms with E-state index in [9.17, 15) is 4.79 Å². The lowest BCUT2D eigenvalue weighted by Crippen LogP contribution is -2.61. The third kappa shape index (κ3) is 3.83. The summed E-state index contributed by atoms with van der Waals surface area (Å²) in [6.07, 6.45) is 4.03. The van der Waals surface area contributed by atoms with Crippen molar-refractivity contribution in [1.29, 1.82) is 0 Å². The Kier molecular flexibility index (Phi) is 5.42. The number of carbonyl (C=O) groups is 1. The molecule has 2 fully saturated rings. The fraction of sp³-hybridized carbons (Fsp3) is 0.370. The molecule has 1 N–H and O–H groups in total. The van der Waals surface area contributed by atoms with Crippen LogP contribution < -0.4 is 5.32 Å². The second-order valence-electron chi connectivity index (χ2n) is 9.68. The first-order chi connectivity index (χ1) is 17.0. The van der Waals surface area contributed by atoms with Crippen LogP contribution in [0.1, 0.15) is 21.7 Å². The number of rotatable bonds is 3. The van der Waals surface area contributed by atoms with E-state index in [1.54, 1.807) is 0 Å². The Bertz CT molecular complexity index is 1420. The predicted molar refractivity (Wildman–Crippen MR) is 136 cm³/mol. The summed E-state index contributed by atoms with van der Waals surface area (Å²) in [6, 6.07) is 12.6. The van der Waals surface area contributed by atoms with Crippen molar-refractivity contribution in [1.82, 2.24) is 34.3 Å². The Balaban J connectivity index is 1.34. The average Bonchev–Trinajstić information content (AvgIpc) is 3.40. The topological polar surface area (TPSA) is 70.7 Å². The monoisotopic (exact) mass is 469 g/mol. The number of nitrogens with one attached hydrogen (secondary N) is 1. The molecular weight excluding hydrogens is 438 g/mol. The van der Waals surface area contributed by atoms with Gasteiger partial charge in [-0.15, -0.1) is 0 Å². The van der Waals surface area contributed by atoms with E-state index in [4.69, 9.17) is 4.98 Å². The second kappa shape index (κ2) is 8.62. The summed E-state index contributed by atoms with van der Waals surface area (Å²) in [5, 5.41) is 7.98. The van der Waals surface area contributed by atoms with Crippen LogP contribution in [0.4, 0.5) is 0 Å². The lowest BCUT2D eigenvalue weighted by Gasteiger charge is -2.44. The molecule has 2 aliphatic heterocycles. The highest BCUT2D eigenvalue weighted by molar-refractivity contribution is 5.95. The van der Waals surface area contributed by atoms with Gasteiger partial charge in [0.15, 0.2) is 0 Å². The van der Waals surface area contributed by atoms with Gasteiger partial charge >= 0.3 is 0 Å². The summed E-state index contributed by atoms with van der Waals surface area (Å²) < 4.78 is 3.92. The van der Waals surface area contributed by atoms with Crippen molar-refractivity contribution >= 4 is 11.6 Å². The number of amides is 1. The van der Waals surface area contributed by atoms with Gasteiger partial charge in [-0.25, -0.2) is 4.98 Å². The van der Waals surface area contributed by atoms with Crippen molar-refractivity contribution in [2.24, 2.45) is 7.05 Å². The maximum Gasteiger partial charge on any atom is 0.254 e. The highest BCUT2D eigenvalue weighted by atomic mass is 16.2. The SMILES string of the molecule is Cc1nn(C)cc1-c1ccccc1-c1nc2cc(C(=O)N3CCN4CCNC[C@@H]4C3)ccn2c1C. The molecule has 0 radical (unpaired) electrons. The minimum absolute atomic E-state index is 0.0892. The molecule has 0 bridgehead atoms. The number of imidazole rings is 1. The van der Waals surface area contributed by atoms with Crippen LogP contribution in [0, 0.1) is 13.8 Å². The summed E-state index contributed by atoms with van der Waals surface area (Å²) in [7, 11) is 1.94. The highest BCUT2D eigenvalue weighted by Crippen LogP contribution is 2.35. The van der Waals surface area contributed by atoms with Gasteiger partial charge in [-0.3, -0.25) is 14.4 Å². The molecule has 1 aromatic carbocycles. The van der Waals surface area contributed by atoms with Gasteiger partial charge in [0.05, 0.1) is 11.4 Å². The van der Waals surface area contributed by atoms with Crippen LogP contribution in [0.2, 0.25) is 0 Å². The molecule has 0 aliphatic carbocycles. The summed E-state index contributed by atoms with van der Waals surface area (Å²) in [5.74, 6) is 0.0892. The second-order valence-corrected chi connectivity index (χ2v) is 9.68. The standard InChI is InChI=1S/C27H31N7O/c1-18-24(17-31(3)30-18)22-6-4-5-7-23(22)26-19(2)34-10-8-20(14-25(34)29-26)27(35)33-13-12-32-11-9-28-15-21(32)16-33/h4-8,10,14,17,21,28H,9,11-13,15-16H2,1-3H3/t21-/m1/s1. The average molecular weight is 470 g/mol. The Labute approximate surface area is 205 Å². The zero-order valence-electron chi connectivity index (χ0n) is 20.5. The van der Waals surface area contributed by atoms with Gasteiger partial charge in [0.2, 0.25) is 0 Å². The summed E-state index contributed by atoms with van der Waals surface area (Å²) in [5.41, 5.74) is 7.74. The van der Waals surface area contributed by atoms with Gasteiger partial charge in [-0.1, -0.05) is 24.3 Å². The molecule has 1 amide bonds. The minimum Gasteiger partial charge on any atom is -0.336 e. The Morgan fingerprint density at radius 1 is 1.06 bits per heavy atom. The fourth-order valence-electron chi connectivity index (χ4n) is 5.58. The zero-order chi connectivity index (χ0) is 24.1. The lowest BCUT2D eigenvalue weighted by molar-refractivity contribution is 0.0416. The van der Waals surface area contributed by atoms with Crippen LogP contribution >= 0.6 is 0 Å². The maximum absolute atomic E-state index is 13.4. The van der Waals surface area contributed by atoms with Gasteiger partial charge < -0.3 is 14.6 Å². The van der Waals surface area contributed by atoms with E-state index >= 15 is 0 Å². The molecule has 4 aromatic rings. The molecule has 3 aromatic heterocycles. The van der Waals surface area contributed by atoms with Crippen LogP contribution in [0.3, 0.4) is 0 Å². The van der Waals surface area contributed by atoms with Crippen LogP contribution in [0.25, 0.3) is 28.0 Å². The molecule has 2 saturated heterocycles. The first-order valence-corrected chi connectivity index (χ1v) is 12.3. The van der Waals surface area contributed by atoms with E-state index in [1.807, 2.05) is 47.9 Å². The van der Waals surface area contributed by atoms with Gasteiger partial charge in [0.25, 0.3) is 5.91 Å². The molecule has 0 unspecified atom stereocenters. The van der Waals surface area contributed by atoms with E-state index in [-0.39, 0.29) is 5.91 Å². The van der Waals surface area contributed by atoms with E-state index in [1.165, 1.54) is 0 Å². The van der Waals surface area contributed by atoms with Crippen molar-refractivity contribution in [3.05, 3.63) is 65.7 Å². The number of piperazine rings is 2. The Morgan fingerprint density at radius 2 is 1.89 bits per heavy atom. The first-order valence-electron chi connectivity index (χ1n) is 12.3. The fourth-order valence-corrected chi connectivity index (χ4v) is 5.58. The molecule has 180 valence electrons. The number of nitrogens with zero attached hydrogens (tertiary/aromatic N) is 6. The van der Waals surface area contributed by atoms with Crippen molar-refractivity contribution in [3.8, 4) is 22.4 Å². The van der Waals surface area contributed by atoms with Crippen molar-refractivity contribution in [2.45, 2.75) is 19.9 Å². The molecule has 2 aliphatic rings. The summed E-state index contributed by atoms with van der Waals surface area (Å²) in [4.78, 5) is 22.9. The smallest absolute Gasteiger partial charge is 0.254 e. The molecule has 8 heteroatoms. The summed E-state index contributed by atoms with van der Waals surface area (Å²) >= 11 is 0. The molecule has 5 heterocycles. The highest BCUT2D eigenvalue weighted by Gasteiger charge is 2.31. The normalized spacial score (nSPS) is 18.7. The van der Waals surface area contributed by atoms with E-state index < -0.39 is 0 Å². The molecular formula is C27H31N7O. The van der Waals surface area contributed by atoms with Crippen molar-refractivity contribution in [2.75, 3.05) is 39.3 Å². The lowest BCUT2D eigenvalue weighted by atomic mass is 9.97. The number of hydrogen-bond donors (Lipinski definition) is 1. The van der Waals surface area contributed by atoms with Crippen LogP contribution in [-0.4, -0.2) is 80.2 Å². The number of carbonyl (C=O) groups excluding carboxylic acids is 1. The summed E-state index contributed by atoms with van der Waals surface area (Å²) in [6.45, 7) is 9.65.